The van der Waals surface area contributed by atoms with Crippen LogP contribution in [0.25, 0.3) is 0 Å². The molecule has 0 aromatic heterocycles. The lowest BCUT2D eigenvalue weighted by molar-refractivity contribution is -0.139. The molecule has 1 aromatic rings. The monoisotopic (exact) mass is 276 g/mol. The molecule has 0 radical (unpaired) electrons. The molecule has 0 saturated carbocycles. The van der Waals surface area contributed by atoms with E-state index in [1.54, 1.807) is 12.0 Å². The van der Waals surface area contributed by atoms with E-state index in [2.05, 4.69) is 5.32 Å². The number of nitrogens with zero attached hydrogens (tertiary/aromatic N) is 1. The Hall–Kier alpha value is -2.24. The van der Waals surface area contributed by atoms with Crippen LogP contribution in [-0.4, -0.2) is 42.7 Å². The molecule has 3 rings (SSSR count). The maximum atomic E-state index is 12.1. The lowest BCUT2D eigenvalue weighted by atomic mass is 10.0. The van der Waals surface area contributed by atoms with E-state index in [9.17, 15) is 9.59 Å². The van der Waals surface area contributed by atoms with Crippen LogP contribution in [0.15, 0.2) is 24.3 Å². The van der Waals surface area contributed by atoms with Crippen LogP contribution in [-0.2, 0) is 9.53 Å². The Balaban J connectivity index is 1.92. The van der Waals surface area contributed by atoms with Gasteiger partial charge in [0.1, 0.15) is 12.4 Å². The maximum Gasteiger partial charge on any atom is 0.331 e. The minimum Gasteiger partial charge on any atom is -0.496 e. The van der Waals surface area contributed by atoms with Crippen LogP contribution in [0.3, 0.4) is 0 Å². The minimum atomic E-state index is -0.556. The average Bonchev–Trinajstić information content (AvgIpc) is 2.97. The van der Waals surface area contributed by atoms with Crippen molar-refractivity contribution >= 4 is 12.0 Å². The first-order chi connectivity index (χ1) is 9.63. The topological polar surface area (TPSA) is 67.9 Å². The molecule has 3 atom stereocenters. The number of para-hydroxylation sites is 1. The van der Waals surface area contributed by atoms with Gasteiger partial charge < -0.3 is 19.7 Å². The van der Waals surface area contributed by atoms with Gasteiger partial charge in [-0.1, -0.05) is 18.2 Å². The van der Waals surface area contributed by atoms with E-state index in [1.165, 1.54) is 0 Å². The van der Waals surface area contributed by atoms with Crippen LogP contribution in [0.5, 0.6) is 5.75 Å². The highest BCUT2D eigenvalue weighted by Gasteiger charge is 2.51. The average molecular weight is 276 g/mol. The first-order valence-corrected chi connectivity index (χ1v) is 6.52. The van der Waals surface area contributed by atoms with Crippen molar-refractivity contribution < 1.29 is 19.1 Å². The number of cyclic esters (lactones) is 1. The van der Waals surface area contributed by atoms with Gasteiger partial charge in [-0.15, -0.1) is 0 Å². The van der Waals surface area contributed by atoms with Gasteiger partial charge in [0.25, 0.3) is 0 Å². The Morgan fingerprint density at radius 2 is 2.15 bits per heavy atom. The van der Waals surface area contributed by atoms with Gasteiger partial charge in [0, 0.05) is 5.56 Å². The van der Waals surface area contributed by atoms with Gasteiger partial charge >= 0.3 is 12.0 Å². The maximum absolute atomic E-state index is 12.1. The number of benzene rings is 1. The molecule has 2 saturated heterocycles. The van der Waals surface area contributed by atoms with Gasteiger partial charge in [-0.05, 0) is 13.0 Å². The molecule has 2 fully saturated rings. The largest absolute Gasteiger partial charge is 0.496 e. The number of rotatable bonds is 3. The van der Waals surface area contributed by atoms with Crippen molar-refractivity contribution in [1.82, 2.24) is 10.2 Å². The fraction of sp³-hybridized carbons (Fsp3) is 0.429. The van der Waals surface area contributed by atoms with Gasteiger partial charge in [-0.2, -0.15) is 0 Å². The van der Waals surface area contributed by atoms with E-state index >= 15 is 0 Å². The van der Waals surface area contributed by atoms with Gasteiger partial charge in [-0.25, -0.2) is 9.59 Å². The Bertz CT molecular complexity index is 560. The summed E-state index contributed by atoms with van der Waals surface area (Å²) in [5.74, 6) is 0.361. The summed E-state index contributed by atoms with van der Waals surface area (Å²) in [7, 11) is 1.60. The number of amides is 2. The molecule has 1 aromatic carbocycles. The fourth-order valence-electron chi connectivity index (χ4n) is 2.89. The molecule has 2 heterocycles. The third-order valence-corrected chi connectivity index (χ3v) is 3.91. The summed E-state index contributed by atoms with van der Waals surface area (Å²) in [6.07, 6.45) is 0. The number of hydrogen-bond donors (Lipinski definition) is 1. The smallest absolute Gasteiger partial charge is 0.331 e. The number of methoxy groups -OCH3 is 1. The highest BCUT2D eigenvalue weighted by atomic mass is 16.5. The number of carbonyl (C=O) groups excluding carboxylic acids is 2. The normalized spacial score (nSPS) is 26.0. The molecule has 2 aliphatic rings. The van der Waals surface area contributed by atoms with Crippen molar-refractivity contribution in [2.24, 2.45) is 0 Å². The third kappa shape index (κ3) is 1.79. The molecule has 20 heavy (non-hydrogen) atoms. The number of ether oxygens (including phenoxy) is 2. The predicted molar refractivity (Wildman–Crippen MR) is 70.3 cm³/mol. The van der Waals surface area contributed by atoms with Gasteiger partial charge in [-0.3, -0.25) is 0 Å². The first kappa shape index (κ1) is 12.8. The van der Waals surface area contributed by atoms with Crippen molar-refractivity contribution in [3.05, 3.63) is 29.8 Å². The van der Waals surface area contributed by atoms with E-state index in [4.69, 9.17) is 9.47 Å². The number of urea groups is 1. The van der Waals surface area contributed by atoms with Crippen LogP contribution >= 0.6 is 0 Å². The summed E-state index contributed by atoms with van der Waals surface area (Å²) < 4.78 is 10.4. The lowest BCUT2D eigenvalue weighted by Crippen LogP contribution is -2.38. The zero-order valence-corrected chi connectivity index (χ0v) is 11.3. The highest BCUT2D eigenvalue weighted by Crippen LogP contribution is 2.34. The number of nitrogens with one attached hydrogen (secondary N) is 1. The SMILES string of the molecule is COc1ccccc1[C@@H](C)N1C(=O)N[C@@H]2C(=O)OC[C@@H]21. The molecule has 2 amide bonds. The Kier molecular flexibility index (Phi) is 3.00. The second kappa shape index (κ2) is 4.70. The van der Waals surface area contributed by atoms with Gasteiger partial charge in [0.2, 0.25) is 0 Å². The third-order valence-electron chi connectivity index (χ3n) is 3.91. The first-order valence-electron chi connectivity index (χ1n) is 6.52. The summed E-state index contributed by atoms with van der Waals surface area (Å²) in [4.78, 5) is 25.3. The predicted octanol–water partition coefficient (Wildman–Crippen LogP) is 1.08. The number of fused-ring (bicyclic) bond motifs is 1. The summed E-state index contributed by atoms with van der Waals surface area (Å²) in [5, 5.41) is 2.68. The molecular formula is C14H16N2O4. The Labute approximate surface area is 116 Å². The lowest BCUT2D eigenvalue weighted by Gasteiger charge is -2.28. The van der Waals surface area contributed by atoms with E-state index in [-0.39, 0.29) is 30.7 Å². The quantitative estimate of drug-likeness (QED) is 0.839. The Morgan fingerprint density at radius 3 is 2.90 bits per heavy atom. The van der Waals surface area contributed by atoms with Crippen molar-refractivity contribution in [3.8, 4) is 5.75 Å². The number of hydrogen-bond acceptors (Lipinski definition) is 4. The van der Waals surface area contributed by atoms with Crippen LogP contribution in [0, 0.1) is 0 Å². The van der Waals surface area contributed by atoms with Crippen molar-refractivity contribution in [3.63, 3.8) is 0 Å². The van der Waals surface area contributed by atoms with E-state index < -0.39 is 6.04 Å². The zero-order chi connectivity index (χ0) is 14.3. The molecule has 0 spiro atoms. The molecular weight excluding hydrogens is 260 g/mol. The van der Waals surface area contributed by atoms with E-state index in [1.807, 2.05) is 31.2 Å². The second-order valence-electron chi connectivity index (χ2n) is 4.95. The minimum absolute atomic E-state index is 0.198. The standard InChI is InChI=1S/C14H16N2O4/c1-8(9-5-3-4-6-11(9)19-2)16-10-7-20-13(17)12(10)15-14(16)18/h3-6,8,10,12H,7H2,1-2H3,(H,15,18)/t8-,10+,12+/m1/s1. The molecule has 106 valence electrons. The fourth-order valence-corrected chi connectivity index (χ4v) is 2.89. The van der Waals surface area contributed by atoms with Gasteiger partial charge in [0.05, 0.1) is 19.2 Å². The molecule has 6 nitrogen and oxygen atoms in total. The van der Waals surface area contributed by atoms with Gasteiger partial charge in [0.15, 0.2) is 6.04 Å². The number of esters is 1. The van der Waals surface area contributed by atoms with Crippen LogP contribution in [0.2, 0.25) is 0 Å². The Morgan fingerprint density at radius 1 is 1.40 bits per heavy atom. The van der Waals surface area contributed by atoms with E-state index in [0.29, 0.717) is 0 Å². The molecule has 0 unspecified atom stereocenters. The molecule has 0 aliphatic carbocycles. The van der Waals surface area contributed by atoms with Crippen LogP contribution in [0.1, 0.15) is 18.5 Å². The summed E-state index contributed by atoms with van der Waals surface area (Å²) in [5.41, 5.74) is 0.908. The zero-order valence-electron chi connectivity index (χ0n) is 11.3. The molecule has 2 aliphatic heterocycles. The number of carbonyl (C=O) groups is 2. The van der Waals surface area contributed by atoms with E-state index in [0.717, 1.165) is 11.3 Å². The van der Waals surface area contributed by atoms with Crippen molar-refractivity contribution in [2.45, 2.75) is 25.0 Å². The van der Waals surface area contributed by atoms with Crippen LogP contribution in [0.4, 0.5) is 4.79 Å². The summed E-state index contributed by atoms with van der Waals surface area (Å²) in [6.45, 7) is 2.16. The van der Waals surface area contributed by atoms with Crippen molar-refractivity contribution in [2.75, 3.05) is 13.7 Å². The molecule has 1 N–H and O–H groups in total. The summed E-state index contributed by atoms with van der Waals surface area (Å²) in [6, 6.07) is 6.30. The molecule has 0 bridgehead atoms. The summed E-state index contributed by atoms with van der Waals surface area (Å²) >= 11 is 0. The molecule has 6 heteroatoms. The van der Waals surface area contributed by atoms with Crippen LogP contribution < -0.4 is 10.1 Å². The van der Waals surface area contributed by atoms with Crippen molar-refractivity contribution in [1.29, 1.82) is 0 Å². The highest BCUT2D eigenvalue weighted by molar-refractivity contribution is 5.90. The second-order valence-corrected chi connectivity index (χ2v) is 4.95.